The third-order valence-electron chi connectivity index (χ3n) is 3.05. The number of hydrazone groups is 1. The van der Waals surface area contributed by atoms with Gasteiger partial charge in [0.25, 0.3) is 0 Å². The fourth-order valence-corrected chi connectivity index (χ4v) is 4.09. The predicted octanol–water partition coefficient (Wildman–Crippen LogP) is 2.81. The summed E-state index contributed by atoms with van der Waals surface area (Å²) in [7, 11) is 0. The van der Waals surface area contributed by atoms with Gasteiger partial charge in [-0.2, -0.15) is 0 Å². The Morgan fingerprint density at radius 1 is 1.22 bits per heavy atom. The molecule has 2 aromatic rings. The van der Waals surface area contributed by atoms with Crippen LogP contribution >= 0.6 is 23.1 Å². The number of hydrogen-bond acceptors (Lipinski definition) is 6. The molecule has 0 saturated carbocycles. The molecule has 23 heavy (non-hydrogen) atoms. The molecular weight excluding hydrogens is 332 g/mol. The van der Waals surface area contributed by atoms with E-state index in [1.165, 1.54) is 42.0 Å². The molecule has 2 amide bonds. The fourth-order valence-electron chi connectivity index (χ4n) is 2.07. The Morgan fingerprint density at radius 2 is 1.96 bits per heavy atom. The molecular formula is C15H14N4O2S2. The van der Waals surface area contributed by atoms with Gasteiger partial charge in [-0.15, -0.1) is 16.4 Å². The van der Waals surface area contributed by atoms with Gasteiger partial charge in [0.1, 0.15) is 5.01 Å². The van der Waals surface area contributed by atoms with Gasteiger partial charge in [0.2, 0.25) is 11.8 Å². The summed E-state index contributed by atoms with van der Waals surface area (Å²) >= 11 is 2.82. The number of amides is 2. The number of benzene rings is 1. The Kier molecular flexibility index (Phi) is 4.44. The number of nitrogens with one attached hydrogen (secondary N) is 1. The summed E-state index contributed by atoms with van der Waals surface area (Å²) in [5.41, 5.74) is 1.78. The average Bonchev–Trinajstić information content (AvgIpc) is 3.14. The number of amidine groups is 1. The quantitative estimate of drug-likeness (QED) is 0.907. The third-order valence-corrected chi connectivity index (χ3v) is 5.03. The maximum Gasteiger partial charge on any atom is 0.241 e. The lowest BCUT2D eigenvalue weighted by Gasteiger charge is -2.16. The van der Waals surface area contributed by atoms with Crippen LogP contribution in [0.15, 0.2) is 40.8 Å². The standard InChI is InChI=1S/C15H14N4O2S2/c1-9(20)16-15-18-19(10(2)21)14(23-15)12-8-22-13(17-12)11-6-4-3-5-7-11/h3-8,14H,1-2H3,(H,16,18,20). The van der Waals surface area contributed by atoms with E-state index in [0.717, 1.165) is 16.3 Å². The van der Waals surface area contributed by atoms with Crippen LogP contribution in [-0.2, 0) is 9.59 Å². The van der Waals surface area contributed by atoms with Crippen LogP contribution in [0.2, 0.25) is 0 Å². The first-order valence-corrected chi connectivity index (χ1v) is 8.64. The van der Waals surface area contributed by atoms with Gasteiger partial charge >= 0.3 is 0 Å². The van der Waals surface area contributed by atoms with Crippen LogP contribution in [0.4, 0.5) is 0 Å². The van der Waals surface area contributed by atoms with Crippen LogP contribution in [0.3, 0.4) is 0 Å². The fraction of sp³-hybridized carbons (Fsp3) is 0.200. The van der Waals surface area contributed by atoms with Crippen molar-refractivity contribution in [1.82, 2.24) is 15.3 Å². The van der Waals surface area contributed by atoms with Crippen molar-refractivity contribution < 1.29 is 9.59 Å². The van der Waals surface area contributed by atoms with Gasteiger partial charge in [-0.25, -0.2) is 9.99 Å². The number of rotatable bonds is 2. The Hall–Kier alpha value is -2.19. The molecule has 1 atom stereocenters. The first kappa shape index (κ1) is 15.7. The van der Waals surface area contributed by atoms with E-state index >= 15 is 0 Å². The molecule has 0 fully saturated rings. The number of nitrogens with zero attached hydrogens (tertiary/aromatic N) is 3. The van der Waals surface area contributed by atoms with Crippen molar-refractivity contribution in [2.45, 2.75) is 19.2 Å². The lowest BCUT2D eigenvalue weighted by atomic mass is 10.2. The molecule has 0 spiro atoms. The molecule has 8 heteroatoms. The zero-order valence-electron chi connectivity index (χ0n) is 12.5. The van der Waals surface area contributed by atoms with Crippen molar-refractivity contribution in [2.75, 3.05) is 0 Å². The minimum absolute atomic E-state index is 0.197. The van der Waals surface area contributed by atoms with Gasteiger partial charge in [-0.1, -0.05) is 42.1 Å². The van der Waals surface area contributed by atoms with E-state index in [4.69, 9.17) is 0 Å². The molecule has 1 aromatic carbocycles. The third kappa shape index (κ3) is 3.43. The maximum absolute atomic E-state index is 11.8. The Morgan fingerprint density at radius 3 is 2.61 bits per heavy atom. The summed E-state index contributed by atoms with van der Waals surface area (Å²) < 4.78 is 0. The monoisotopic (exact) mass is 346 g/mol. The summed E-state index contributed by atoms with van der Waals surface area (Å²) in [6.07, 6.45) is 0. The zero-order chi connectivity index (χ0) is 16.4. The van der Waals surface area contributed by atoms with Gasteiger partial charge in [-0.05, 0) is 0 Å². The van der Waals surface area contributed by atoms with Gasteiger partial charge in [0.15, 0.2) is 10.5 Å². The SMILES string of the molecule is CC(=O)NC1=NN(C(C)=O)C(c2csc(-c3ccccc3)n2)S1. The van der Waals surface area contributed by atoms with E-state index in [0.29, 0.717) is 5.17 Å². The second-order valence-corrected chi connectivity index (χ2v) is 6.79. The number of thiazole rings is 1. The lowest BCUT2D eigenvalue weighted by Crippen LogP contribution is -2.25. The first-order valence-electron chi connectivity index (χ1n) is 6.88. The van der Waals surface area contributed by atoms with Crippen molar-refractivity contribution in [3.8, 4) is 10.6 Å². The van der Waals surface area contributed by atoms with Gasteiger partial charge in [-0.3, -0.25) is 9.59 Å². The number of aromatic nitrogens is 1. The predicted molar refractivity (Wildman–Crippen MR) is 91.7 cm³/mol. The largest absolute Gasteiger partial charge is 0.304 e. The van der Waals surface area contributed by atoms with Crippen molar-refractivity contribution in [3.63, 3.8) is 0 Å². The van der Waals surface area contributed by atoms with Crippen LogP contribution in [0, 0.1) is 0 Å². The lowest BCUT2D eigenvalue weighted by molar-refractivity contribution is -0.129. The highest BCUT2D eigenvalue weighted by atomic mass is 32.2. The molecule has 1 aliphatic heterocycles. The highest BCUT2D eigenvalue weighted by Gasteiger charge is 2.34. The van der Waals surface area contributed by atoms with Gasteiger partial charge < -0.3 is 5.32 Å². The van der Waals surface area contributed by atoms with Gasteiger partial charge in [0, 0.05) is 24.8 Å². The van der Waals surface area contributed by atoms with Crippen LogP contribution in [-0.4, -0.2) is 27.0 Å². The van der Waals surface area contributed by atoms with Crippen LogP contribution in [0.5, 0.6) is 0 Å². The highest BCUT2D eigenvalue weighted by Crippen LogP contribution is 2.40. The summed E-state index contributed by atoms with van der Waals surface area (Å²) in [5.74, 6) is -0.416. The molecule has 0 saturated heterocycles. The highest BCUT2D eigenvalue weighted by molar-refractivity contribution is 8.14. The summed E-state index contributed by atoms with van der Waals surface area (Å²) in [5, 5.41) is 11.0. The van der Waals surface area contributed by atoms with Crippen LogP contribution in [0.25, 0.3) is 10.6 Å². The van der Waals surface area contributed by atoms with Crippen LogP contribution in [0.1, 0.15) is 24.9 Å². The first-order chi connectivity index (χ1) is 11.0. The van der Waals surface area contributed by atoms with E-state index in [2.05, 4.69) is 15.4 Å². The summed E-state index contributed by atoms with van der Waals surface area (Å²) in [6.45, 7) is 2.85. The topological polar surface area (TPSA) is 74.7 Å². The number of carbonyl (C=O) groups is 2. The Balaban J connectivity index is 1.85. The Labute approximate surface area is 141 Å². The summed E-state index contributed by atoms with van der Waals surface area (Å²) in [4.78, 5) is 27.6. The normalized spacial score (nSPS) is 17.0. The molecule has 118 valence electrons. The minimum Gasteiger partial charge on any atom is -0.304 e. The molecule has 1 unspecified atom stereocenters. The second-order valence-electron chi connectivity index (χ2n) is 4.86. The molecule has 0 bridgehead atoms. The van der Waals surface area contributed by atoms with E-state index in [-0.39, 0.29) is 17.2 Å². The smallest absolute Gasteiger partial charge is 0.241 e. The van der Waals surface area contributed by atoms with Crippen LogP contribution < -0.4 is 5.32 Å². The number of thioether (sulfide) groups is 1. The van der Waals surface area contributed by atoms with E-state index in [1.54, 1.807) is 0 Å². The van der Waals surface area contributed by atoms with Crippen molar-refractivity contribution in [3.05, 3.63) is 41.4 Å². The van der Waals surface area contributed by atoms with E-state index in [9.17, 15) is 9.59 Å². The van der Waals surface area contributed by atoms with Crippen molar-refractivity contribution in [2.24, 2.45) is 5.10 Å². The number of carbonyl (C=O) groups excluding carboxylic acids is 2. The molecule has 3 rings (SSSR count). The number of hydrogen-bond donors (Lipinski definition) is 1. The van der Waals surface area contributed by atoms with Crippen molar-refractivity contribution in [1.29, 1.82) is 0 Å². The molecule has 2 heterocycles. The average molecular weight is 346 g/mol. The molecule has 6 nitrogen and oxygen atoms in total. The van der Waals surface area contributed by atoms with Crippen molar-refractivity contribution >= 4 is 40.1 Å². The molecule has 1 aliphatic rings. The van der Waals surface area contributed by atoms with E-state index < -0.39 is 0 Å². The molecule has 1 aromatic heterocycles. The minimum atomic E-state index is -0.358. The molecule has 0 aliphatic carbocycles. The Bertz CT molecular complexity index is 773. The molecule has 1 N–H and O–H groups in total. The molecule has 0 radical (unpaired) electrons. The van der Waals surface area contributed by atoms with Gasteiger partial charge in [0.05, 0.1) is 5.69 Å². The second kappa shape index (κ2) is 6.51. The maximum atomic E-state index is 11.8. The summed E-state index contributed by atoms with van der Waals surface area (Å²) in [6, 6.07) is 9.86. The zero-order valence-corrected chi connectivity index (χ0v) is 14.1. The van der Waals surface area contributed by atoms with E-state index in [1.807, 2.05) is 35.7 Å².